The van der Waals surface area contributed by atoms with Crippen LogP contribution in [-0.4, -0.2) is 21.0 Å². The summed E-state index contributed by atoms with van der Waals surface area (Å²) in [7, 11) is -3.68. The number of aldehydes is 1. The molecule has 0 unspecified atom stereocenters. The molecule has 70 valence electrons. The summed E-state index contributed by atoms with van der Waals surface area (Å²) in [6, 6.07) is 3.55. The number of carbonyl (C=O) groups is 1. The van der Waals surface area contributed by atoms with Gasteiger partial charge in [0.25, 0.3) is 0 Å². The molecule has 0 bridgehead atoms. The summed E-state index contributed by atoms with van der Waals surface area (Å²) in [6.07, 6.45) is 1.18. The summed E-state index contributed by atoms with van der Waals surface area (Å²) in [5.74, 6) is -0.896. The van der Waals surface area contributed by atoms with E-state index in [9.17, 15) is 17.6 Å². The molecule has 0 aliphatic heterocycles. The summed E-state index contributed by atoms with van der Waals surface area (Å²) in [4.78, 5) is 9.86. The Kier molecular flexibility index (Phi) is 2.47. The van der Waals surface area contributed by atoms with E-state index < -0.39 is 20.5 Å². The minimum atomic E-state index is -3.68. The van der Waals surface area contributed by atoms with Crippen molar-refractivity contribution in [2.24, 2.45) is 0 Å². The Morgan fingerprint density at radius 2 is 2.00 bits per heavy atom. The van der Waals surface area contributed by atoms with Crippen LogP contribution in [0.2, 0.25) is 0 Å². The molecule has 1 rings (SSSR count). The predicted octanol–water partition coefficient (Wildman–Crippen LogP) is 1.04. The maximum absolute atomic E-state index is 13.0. The fraction of sp³-hybridized carbons (Fsp3) is 0.125. The zero-order valence-electron chi connectivity index (χ0n) is 6.82. The third-order valence-electron chi connectivity index (χ3n) is 1.50. The quantitative estimate of drug-likeness (QED) is 0.673. The molecular weight excluding hydrogens is 195 g/mol. The van der Waals surface area contributed by atoms with Gasteiger partial charge >= 0.3 is 0 Å². The van der Waals surface area contributed by atoms with Crippen LogP contribution in [0.5, 0.6) is 0 Å². The number of hydrogen-bond acceptors (Lipinski definition) is 3. The van der Waals surface area contributed by atoms with Gasteiger partial charge in [0.1, 0.15) is 10.7 Å². The smallest absolute Gasteiger partial charge is 0.179 e. The standard InChI is InChI=1S/C8H7FO3S/c1-13(11,12)8-6(5-10)3-2-4-7(8)9/h2-5H,1H3. The van der Waals surface area contributed by atoms with Crippen LogP contribution in [0.15, 0.2) is 23.1 Å². The molecule has 0 aromatic heterocycles. The first-order valence-corrected chi connectivity index (χ1v) is 5.29. The lowest BCUT2D eigenvalue weighted by Crippen LogP contribution is -2.04. The first-order chi connectivity index (χ1) is 5.96. The second kappa shape index (κ2) is 3.26. The van der Waals surface area contributed by atoms with E-state index in [4.69, 9.17) is 0 Å². The molecule has 13 heavy (non-hydrogen) atoms. The zero-order valence-corrected chi connectivity index (χ0v) is 7.64. The molecule has 5 heteroatoms. The summed E-state index contributed by atoms with van der Waals surface area (Å²) in [5.41, 5.74) is -0.150. The molecular formula is C8H7FO3S. The van der Waals surface area contributed by atoms with Gasteiger partial charge in [0, 0.05) is 11.8 Å². The summed E-state index contributed by atoms with van der Waals surface area (Å²) >= 11 is 0. The Morgan fingerprint density at radius 3 is 2.38 bits per heavy atom. The van der Waals surface area contributed by atoms with Crippen molar-refractivity contribution in [1.82, 2.24) is 0 Å². The van der Waals surface area contributed by atoms with E-state index in [-0.39, 0.29) is 5.56 Å². The number of benzene rings is 1. The SMILES string of the molecule is CS(=O)(=O)c1c(F)cccc1C=O. The van der Waals surface area contributed by atoms with E-state index in [0.29, 0.717) is 6.29 Å². The third-order valence-corrected chi connectivity index (χ3v) is 2.67. The zero-order chi connectivity index (χ0) is 10.1. The molecule has 0 saturated heterocycles. The van der Waals surface area contributed by atoms with Crippen LogP contribution in [0, 0.1) is 5.82 Å². The minimum absolute atomic E-state index is 0.150. The lowest BCUT2D eigenvalue weighted by Gasteiger charge is -2.02. The maximum atomic E-state index is 13.0. The van der Waals surface area contributed by atoms with Gasteiger partial charge in [-0.3, -0.25) is 4.79 Å². The summed E-state index contributed by atoms with van der Waals surface area (Å²) in [6.45, 7) is 0. The van der Waals surface area contributed by atoms with Crippen molar-refractivity contribution >= 4 is 16.1 Å². The van der Waals surface area contributed by atoms with Crippen LogP contribution in [0.1, 0.15) is 10.4 Å². The normalized spacial score (nSPS) is 11.2. The van der Waals surface area contributed by atoms with E-state index in [1.807, 2.05) is 0 Å². The van der Waals surface area contributed by atoms with E-state index in [1.54, 1.807) is 0 Å². The van der Waals surface area contributed by atoms with E-state index in [2.05, 4.69) is 0 Å². The van der Waals surface area contributed by atoms with Crippen LogP contribution < -0.4 is 0 Å². The predicted molar refractivity (Wildman–Crippen MR) is 44.9 cm³/mol. The minimum Gasteiger partial charge on any atom is -0.298 e. The second-order valence-electron chi connectivity index (χ2n) is 2.55. The van der Waals surface area contributed by atoms with Crippen molar-refractivity contribution < 1.29 is 17.6 Å². The lowest BCUT2D eigenvalue weighted by atomic mass is 10.2. The Bertz CT molecular complexity index is 437. The van der Waals surface area contributed by atoms with Gasteiger partial charge in [-0.1, -0.05) is 12.1 Å². The van der Waals surface area contributed by atoms with Crippen LogP contribution in [0.3, 0.4) is 0 Å². The molecule has 0 saturated carbocycles. The molecule has 0 N–H and O–H groups in total. The highest BCUT2D eigenvalue weighted by atomic mass is 32.2. The van der Waals surface area contributed by atoms with Gasteiger partial charge in [-0.2, -0.15) is 0 Å². The van der Waals surface area contributed by atoms with Crippen LogP contribution in [-0.2, 0) is 9.84 Å². The topological polar surface area (TPSA) is 51.2 Å². The average molecular weight is 202 g/mol. The number of sulfone groups is 1. The number of rotatable bonds is 2. The lowest BCUT2D eigenvalue weighted by molar-refractivity contribution is 0.111. The number of carbonyl (C=O) groups excluding carboxylic acids is 1. The van der Waals surface area contributed by atoms with Gasteiger partial charge in [-0.05, 0) is 6.07 Å². The average Bonchev–Trinajstić information content (AvgIpc) is 2.01. The highest BCUT2D eigenvalue weighted by Gasteiger charge is 2.17. The van der Waals surface area contributed by atoms with Gasteiger partial charge in [0.2, 0.25) is 0 Å². The van der Waals surface area contributed by atoms with Crippen LogP contribution in [0.25, 0.3) is 0 Å². The molecule has 0 aliphatic rings. The highest BCUT2D eigenvalue weighted by molar-refractivity contribution is 7.90. The van der Waals surface area contributed by atoms with Crippen LogP contribution >= 0.6 is 0 Å². The molecule has 0 amide bonds. The first kappa shape index (κ1) is 9.85. The molecule has 1 aromatic rings. The largest absolute Gasteiger partial charge is 0.298 e. The Labute approximate surface area is 75.1 Å². The van der Waals surface area contributed by atoms with Crippen molar-refractivity contribution in [2.45, 2.75) is 4.90 Å². The molecule has 0 spiro atoms. The Balaban J connectivity index is 3.59. The van der Waals surface area contributed by atoms with Crippen LogP contribution in [0.4, 0.5) is 4.39 Å². The molecule has 3 nitrogen and oxygen atoms in total. The third kappa shape index (κ3) is 1.92. The van der Waals surface area contributed by atoms with Gasteiger partial charge < -0.3 is 0 Å². The maximum Gasteiger partial charge on any atom is 0.179 e. The molecule has 0 atom stereocenters. The fourth-order valence-corrected chi connectivity index (χ4v) is 1.98. The van der Waals surface area contributed by atoms with Crippen molar-refractivity contribution in [2.75, 3.05) is 6.26 Å². The second-order valence-corrected chi connectivity index (χ2v) is 4.50. The van der Waals surface area contributed by atoms with E-state index in [0.717, 1.165) is 12.3 Å². The Morgan fingerprint density at radius 1 is 1.38 bits per heavy atom. The Hall–Kier alpha value is -1.23. The number of halogens is 1. The van der Waals surface area contributed by atoms with Gasteiger partial charge in [0.15, 0.2) is 16.1 Å². The van der Waals surface area contributed by atoms with Gasteiger partial charge in [-0.25, -0.2) is 12.8 Å². The fourth-order valence-electron chi connectivity index (χ4n) is 1.01. The molecule has 0 radical (unpaired) electrons. The molecule has 0 aliphatic carbocycles. The van der Waals surface area contributed by atoms with Crippen molar-refractivity contribution in [3.05, 3.63) is 29.6 Å². The van der Waals surface area contributed by atoms with Gasteiger partial charge in [0.05, 0.1) is 0 Å². The highest BCUT2D eigenvalue weighted by Crippen LogP contribution is 2.17. The summed E-state index contributed by atoms with van der Waals surface area (Å²) < 4.78 is 35.1. The van der Waals surface area contributed by atoms with E-state index in [1.165, 1.54) is 12.1 Å². The number of hydrogen-bond donors (Lipinski definition) is 0. The molecule has 0 fully saturated rings. The monoisotopic (exact) mass is 202 g/mol. The van der Waals surface area contributed by atoms with E-state index >= 15 is 0 Å². The first-order valence-electron chi connectivity index (χ1n) is 3.40. The van der Waals surface area contributed by atoms with Crippen molar-refractivity contribution in [1.29, 1.82) is 0 Å². The van der Waals surface area contributed by atoms with Crippen molar-refractivity contribution in [3.63, 3.8) is 0 Å². The molecule has 1 aromatic carbocycles. The summed E-state index contributed by atoms with van der Waals surface area (Å²) in [5, 5.41) is 0. The van der Waals surface area contributed by atoms with Crippen molar-refractivity contribution in [3.8, 4) is 0 Å². The molecule has 0 heterocycles. The van der Waals surface area contributed by atoms with Gasteiger partial charge in [-0.15, -0.1) is 0 Å².